The molecule has 0 saturated heterocycles. The summed E-state index contributed by atoms with van der Waals surface area (Å²) in [5.74, 6) is -2.07. The maximum absolute atomic E-state index is 10.6. The standard InChI is InChI=1S/C6H5Cl.C2H2F2O2/c7-6-4-2-1-3-5-6;3-1(4)2(5)6/h1-5H;1H,(H,5,6). The molecular weight excluding hydrogens is 202 g/mol. The molecule has 1 aromatic rings. The summed E-state index contributed by atoms with van der Waals surface area (Å²) in [6.07, 6.45) is -3.23. The lowest BCUT2D eigenvalue weighted by atomic mass is 10.4. The second kappa shape index (κ2) is 6.37. The fraction of sp³-hybridized carbons (Fsp3) is 0.125. The number of hydrogen-bond donors (Lipinski definition) is 1. The van der Waals surface area contributed by atoms with Crippen LogP contribution in [0, 0.1) is 0 Å². The first-order chi connectivity index (χ1) is 6.04. The fourth-order valence-electron chi connectivity index (χ4n) is 0.415. The highest BCUT2D eigenvalue weighted by molar-refractivity contribution is 6.30. The lowest BCUT2D eigenvalue weighted by Gasteiger charge is -1.81. The minimum absolute atomic E-state index is 0.794. The Balaban J connectivity index is 0.000000226. The van der Waals surface area contributed by atoms with E-state index in [0.717, 1.165) is 5.02 Å². The van der Waals surface area contributed by atoms with Gasteiger partial charge in [0.2, 0.25) is 0 Å². The van der Waals surface area contributed by atoms with Gasteiger partial charge in [0.15, 0.2) is 0 Å². The van der Waals surface area contributed by atoms with Crippen molar-refractivity contribution in [2.75, 3.05) is 0 Å². The number of aliphatic carboxylic acids is 1. The van der Waals surface area contributed by atoms with Gasteiger partial charge in [-0.1, -0.05) is 29.8 Å². The van der Waals surface area contributed by atoms with E-state index in [9.17, 15) is 8.78 Å². The van der Waals surface area contributed by atoms with Gasteiger partial charge in [-0.3, -0.25) is 0 Å². The molecule has 0 heterocycles. The SMILES string of the molecule is Clc1ccccc1.O=C(O)C(F)F. The zero-order valence-electron chi connectivity index (χ0n) is 6.45. The number of hydrogen-bond acceptors (Lipinski definition) is 1. The third-order valence-electron chi connectivity index (χ3n) is 0.920. The van der Waals surface area contributed by atoms with Gasteiger partial charge in [-0.05, 0) is 12.1 Å². The van der Waals surface area contributed by atoms with Crippen molar-refractivity contribution < 1.29 is 18.7 Å². The predicted octanol–water partition coefficient (Wildman–Crippen LogP) is 2.68. The largest absolute Gasteiger partial charge is 0.477 e. The van der Waals surface area contributed by atoms with E-state index >= 15 is 0 Å². The Labute approximate surface area is 78.8 Å². The third kappa shape index (κ3) is 7.21. The summed E-state index contributed by atoms with van der Waals surface area (Å²) in [7, 11) is 0. The molecule has 0 spiro atoms. The first-order valence-corrected chi connectivity index (χ1v) is 3.63. The smallest absolute Gasteiger partial charge is 0.371 e. The Hall–Kier alpha value is -1.16. The molecule has 0 unspecified atom stereocenters. The molecule has 1 N–H and O–H groups in total. The van der Waals surface area contributed by atoms with Gasteiger partial charge < -0.3 is 5.11 Å². The number of benzene rings is 1. The van der Waals surface area contributed by atoms with Crippen LogP contribution in [-0.4, -0.2) is 17.5 Å². The van der Waals surface area contributed by atoms with Crippen LogP contribution in [0.5, 0.6) is 0 Å². The number of carboxylic acids is 1. The molecule has 0 aliphatic carbocycles. The average molecular weight is 209 g/mol. The van der Waals surface area contributed by atoms with Crippen molar-refractivity contribution >= 4 is 17.6 Å². The monoisotopic (exact) mass is 208 g/mol. The van der Waals surface area contributed by atoms with E-state index in [1.165, 1.54) is 0 Å². The van der Waals surface area contributed by atoms with Crippen molar-refractivity contribution in [3.8, 4) is 0 Å². The third-order valence-corrected chi connectivity index (χ3v) is 1.17. The van der Waals surface area contributed by atoms with Crippen molar-refractivity contribution in [2.24, 2.45) is 0 Å². The van der Waals surface area contributed by atoms with Crippen LogP contribution in [0.15, 0.2) is 30.3 Å². The highest BCUT2D eigenvalue weighted by atomic mass is 35.5. The van der Waals surface area contributed by atoms with Crippen LogP contribution in [0.25, 0.3) is 0 Å². The second-order valence-electron chi connectivity index (χ2n) is 1.93. The highest BCUT2D eigenvalue weighted by Gasteiger charge is 2.10. The van der Waals surface area contributed by atoms with Crippen LogP contribution < -0.4 is 0 Å². The Morgan fingerprint density at radius 3 is 1.85 bits per heavy atom. The molecule has 0 atom stereocenters. The molecule has 72 valence electrons. The molecule has 0 saturated carbocycles. The minimum atomic E-state index is -3.23. The summed E-state index contributed by atoms with van der Waals surface area (Å²) in [6, 6.07) is 9.44. The predicted molar refractivity (Wildman–Crippen MR) is 45.1 cm³/mol. The first-order valence-electron chi connectivity index (χ1n) is 3.25. The summed E-state index contributed by atoms with van der Waals surface area (Å²) in [6.45, 7) is 0. The molecule has 0 aliphatic heterocycles. The zero-order chi connectivity index (χ0) is 10.3. The van der Waals surface area contributed by atoms with Crippen molar-refractivity contribution in [3.05, 3.63) is 35.4 Å². The van der Waals surface area contributed by atoms with E-state index in [0.29, 0.717) is 0 Å². The van der Waals surface area contributed by atoms with Crippen LogP contribution in [-0.2, 0) is 4.79 Å². The van der Waals surface area contributed by atoms with Crippen molar-refractivity contribution in [2.45, 2.75) is 6.43 Å². The number of rotatable bonds is 1. The Bertz CT molecular complexity index is 252. The van der Waals surface area contributed by atoms with Crippen LogP contribution in [0.4, 0.5) is 8.78 Å². The molecule has 5 heteroatoms. The van der Waals surface area contributed by atoms with E-state index in [-0.39, 0.29) is 0 Å². The van der Waals surface area contributed by atoms with Gasteiger partial charge in [0, 0.05) is 5.02 Å². The Morgan fingerprint density at radius 2 is 1.69 bits per heavy atom. The fourth-order valence-corrected chi connectivity index (χ4v) is 0.560. The molecule has 2 nitrogen and oxygen atoms in total. The van der Waals surface area contributed by atoms with Gasteiger partial charge in [-0.2, -0.15) is 8.78 Å². The number of carboxylic acid groups (broad SMARTS) is 1. The lowest BCUT2D eigenvalue weighted by molar-refractivity contribution is -0.149. The van der Waals surface area contributed by atoms with E-state index in [4.69, 9.17) is 21.5 Å². The quantitative estimate of drug-likeness (QED) is 0.771. The van der Waals surface area contributed by atoms with Gasteiger partial charge in [0.1, 0.15) is 0 Å². The molecule has 0 aromatic heterocycles. The van der Waals surface area contributed by atoms with Gasteiger partial charge in [0.25, 0.3) is 0 Å². The number of alkyl halides is 2. The molecule has 0 bridgehead atoms. The van der Waals surface area contributed by atoms with Crippen LogP contribution >= 0.6 is 11.6 Å². The normalized spacial score (nSPS) is 8.92. The van der Waals surface area contributed by atoms with Gasteiger partial charge >= 0.3 is 12.4 Å². The second-order valence-corrected chi connectivity index (χ2v) is 2.37. The molecule has 0 fully saturated rings. The summed E-state index contributed by atoms with van der Waals surface area (Å²) in [5, 5.41) is 8.03. The summed E-state index contributed by atoms with van der Waals surface area (Å²) >= 11 is 5.54. The van der Waals surface area contributed by atoms with Crippen molar-refractivity contribution in [3.63, 3.8) is 0 Å². The van der Waals surface area contributed by atoms with Gasteiger partial charge in [0.05, 0.1) is 0 Å². The Morgan fingerprint density at radius 1 is 1.31 bits per heavy atom. The molecule has 0 aliphatic rings. The molecule has 0 radical (unpaired) electrons. The van der Waals surface area contributed by atoms with Crippen LogP contribution in [0.2, 0.25) is 5.02 Å². The van der Waals surface area contributed by atoms with E-state index in [1.807, 2.05) is 30.3 Å². The topological polar surface area (TPSA) is 37.3 Å². The molecule has 13 heavy (non-hydrogen) atoms. The molecule has 0 amide bonds. The minimum Gasteiger partial charge on any atom is -0.477 e. The summed E-state index contributed by atoms with van der Waals surface area (Å²) in [4.78, 5) is 8.95. The van der Waals surface area contributed by atoms with E-state index in [1.54, 1.807) is 0 Å². The molecule has 1 aromatic carbocycles. The van der Waals surface area contributed by atoms with E-state index in [2.05, 4.69) is 0 Å². The molecule has 1 rings (SSSR count). The zero-order valence-corrected chi connectivity index (χ0v) is 7.21. The van der Waals surface area contributed by atoms with Gasteiger partial charge in [-0.15, -0.1) is 0 Å². The summed E-state index contributed by atoms with van der Waals surface area (Å²) < 4.78 is 21.1. The Kier molecular flexibility index (Phi) is 5.80. The number of halogens is 3. The van der Waals surface area contributed by atoms with E-state index < -0.39 is 12.4 Å². The van der Waals surface area contributed by atoms with Crippen molar-refractivity contribution in [1.29, 1.82) is 0 Å². The first kappa shape index (κ1) is 11.8. The lowest BCUT2D eigenvalue weighted by Crippen LogP contribution is -2.06. The van der Waals surface area contributed by atoms with Gasteiger partial charge in [-0.25, -0.2) is 4.79 Å². The van der Waals surface area contributed by atoms with Crippen molar-refractivity contribution in [1.82, 2.24) is 0 Å². The van der Waals surface area contributed by atoms with Crippen LogP contribution in [0.3, 0.4) is 0 Å². The maximum atomic E-state index is 10.6. The number of carbonyl (C=O) groups is 1. The maximum Gasteiger partial charge on any atom is 0.371 e. The highest BCUT2D eigenvalue weighted by Crippen LogP contribution is 2.03. The molecular formula is C8H7ClF2O2. The van der Waals surface area contributed by atoms with Crippen LogP contribution in [0.1, 0.15) is 0 Å². The average Bonchev–Trinajstić information content (AvgIpc) is 2.06. The summed E-state index contributed by atoms with van der Waals surface area (Å²) in [5.41, 5.74) is 0.